The predicted octanol–water partition coefficient (Wildman–Crippen LogP) is 5.53. The van der Waals surface area contributed by atoms with Gasteiger partial charge >= 0.3 is 6.18 Å². The van der Waals surface area contributed by atoms with Crippen molar-refractivity contribution in [3.05, 3.63) is 70.9 Å². The van der Waals surface area contributed by atoms with Crippen LogP contribution in [0.1, 0.15) is 28.4 Å². The highest BCUT2D eigenvalue weighted by Crippen LogP contribution is 2.35. The first-order valence-corrected chi connectivity index (χ1v) is 9.43. The Labute approximate surface area is 180 Å². The minimum absolute atomic E-state index is 0.175. The van der Waals surface area contributed by atoms with Crippen LogP contribution >= 0.6 is 0 Å². The van der Waals surface area contributed by atoms with E-state index in [1.165, 1.54) is 10.7 Å². The first kappa shape index (κ1) is 21.1. The second kappa shape index (κ2) is 7.85. The smallest absolute Gasteiger partial charge is 0.417 e. The molecule has 0 saturated carbocycles. The van der Waals surface area contributed by atoms with Crippen LogP contribution in [-0.2, 0) is 6.18 Å². The number of ether oxygens (including phenoxy) is 1. The van der Waals surface area contributed by atoms with Crippen LogP contribution in [-0.4, -0.2) is 20.0 Å². The lowest BCUT2D eigenvalue weighted by Gasteiger charge is -2.12. The maximum atomic E-state index is 13.3. The Kier molecular flexibility index (Phi) is 5.18. The minimum Gasteiger partial charge on any atom is -0.453 e. The second-order valence-electron chi connectivity index (χ2n) is 7.00. The fourth-order valence-electron chi connectivity index (χ4n) is 3.22. The van der Waals surface area contributed by atoms with Gasteiger partial charge in [0.25, 0.3) is 0 Å². The summed E-state index contributed by atoms with van der Waals surface area (Å²) in [7, 11) is 0. The molecular weight excluding hydrogens is 423 g/mol. The third kappa shape index (κ3) is 3.92. The van der Waals surface area contributed by atoms with E-state index < -0.39 is 17.3 Å². The van der Waals surface area contributed by atoms with Crippen LogP contribution in [0.5, 0.6) is 11.5 Å². The Morgan fingerprint density at radius 1 is 1.03 bits per heavy atom. The van der Waals surface area contributed by atoms with Gasteiger partial charge < -0.3 is 9.15 Å². The summed E-state index contributed by atoms with van der Waals surface area (Å²) in [6.45, 7) is 5.09. The molecule has 2 heterocycles. The molecule has 0 unspecified atom stereocenters. The van der Waals surface area contributed by atoms with E-state index >= 15 is 0 Å². The van der Waals surface area contributed by atoms with Gasteiger partial charge in [0.1, 0.15) is 11.4 Å². The fourth-order valence-corrected chi connectivity index (χ4v) is 3.22. The molecular formula is C22H16F3N5O2. The highest BCUT2D eigenvalue weighted by atomic mass is 19.4. The highest BCUT2D eigenvalue weighted by Gasteiger charge is 2.34. The van der Waals surface area contributed by atoms with E-state index in [1.54, 1.807) is 51.1 Å². The van der Waals surface area contributed by atoms with Crippen LogP contribution in [0.3, 0.4) is 0 Å². The van der Waals surface area contributed by atoms with Gasteiger partial charge in [0.2, 0.25) is 11.8 Å². The fraction of sp³-hybridized carbons (Fsp3) is 0.182. The number of aryl methyl sites for hydroxylation is 2. The molecule has 0 N–H and O–H groups in total. The summed E-state index contributed by atoms with van der Waals surface area (Å²) < 4.78 is 52.7. The molecule has 0 aliphatic carbocycles. The molecule has 4 aromatic rings. The van der Waals surface area contributed by atoms with Crippen LogP contribution in [0.15, 0.2) is 46.9 Å². The molecule has 7 nitrogen and oxygen atoms in total. The quantitative estimate of drug-likeness (QED) is 0.415. The van der Waals surface area contributed by atoms with Crippen LogP contribution in [0.2, 0.25) is 0 Å². The van der Waals surface area contributed by atoms with E-state index in [4.69, 9.17) is 14.4 Å². The molecule has 0 spiro atoms. The van der Waals surface area contributed by atoms with Crippen molar-refractivity contribution in [3.8, 4) is 34.7 Å². The molecule has 2 aromatic heterocycles. The maximum absolute atomic E-state index is 13.3. The molecule has 10 heteroatoms. The summed E-state index contributed by atoms with van der Waals surface area (Å²) in [6, 6.07) is 12.0. The molecule has 0 fully saturated rings. The van der Waals surface area contributed by atoms with Gasteiger partial charge in [0.15, 0.2) is 5.75 Å². The summed E-state index contributed by atoms with van der Waals surface area (Å²) in [5.74, 6) is 1.77. The van der Waals surface area contributed by atoms with Gasteiger partial charge in [-0.05, 0) is 56.3 Å². The van der Waals surface area contributed by atoms with Gasteiger partial charge in [-0.1, -0.05) is 0 Å². The lowest BCUT2D eigenvalue weighted by Crippen LogP contribution is -2.10. The Morgan fingerprint density at radius 3 is 2.34 bits per heavy atom. The first-order chi connectivity index (χ1) is 15.2. The molecule has 0 aliphatic heterocycles. The van der Waals surface area contributed by atoms with Gasteiger partial charge in [-0.3, -0.25) is 0 Å². The van der Waals surface area contributed by atoms with Crippen LogP contribution in [0.4, 0.5) is 13.2 Å². The summed E-state index contributed by atoms with van der Waals surface area (Å²) in [6.07, 6.45) is -4.66. The number of nitriles is 1. The molecule has 32 heavy (non-hydrogen) atoms. The molecule has 2 aromatic carbocycles. The van der Waals surface area contributed by atoms with Gasteiger partial charge in [0, 0.05) is 12.5 Å². The molecule has 0 atom stereocenters. The number of alkyl halides is 3. The Hall–Kier alpha value is -4.13. The van der Waals surface area contributed by atoms with Crippen LogP contribution in [0, 0.1) is 32.1 Å². The number of halogens is 3. The van der Waals surface area contributed by atoms with E-state index in [2.05, 4.69) is 15.3 Å². The minimum atomic E-state index is -4.66. The average molecular weight is 439 g/mol. The van der Waals surface area contributed by atoms with Gasteiger partial charge in [-0.2, -0.15) is 23.5 Å². The average Bonchev–Trinajstić information content (AvgIpc) is 3.31. The van der Waals surface area contributed by atoms with Crippen molar-refractivity contribution in [2.45, 2.75) is 26.9 Å². The van der Waals surface area contributed by atoms with E-state index in [0.717, 1.165) is 17.7 Å². The zero-order chi connectivity index (χ0) is 23.0. The van der Waals surface area contributed by atoms with E-state index in [-0.39, 0.29) is 5.69 Å². The molecule has 162 valence electrons. The standard InChI is InChI=1S/C22H16F3N5O2/c1-12-20(32-18-8-5-15(6-9-18)21-28-27-14(3)31-21)13(2)30(29-12)17-7-4-16(11-26)19(10-17)22(23,24)25/h4-10H,1-3H3. The maximum Gasteiger partial charge on any atom is 0.417 e. The summed E-state index contributed by atoms with van der Waals surface area (Å²) >= 11 is 0. The summed E-state index contributed by atoms with van der Waals surface area (Å²) in [4.78, 5) is 0. The van der Waals surface area contributed by atoms with Crippen molar-refractivity contribution in [2.75, 3.05) is 0 Å². The molecule has 0 amide bonds. The summed E-state index contributed by atoms with van der Waals surface area (Å²) in [5.41, 5.74) is 0.442. The number of benzene rings is 2. The highest BCUT2D eigenvalue weighted by molar-refractivity contribution is 5.55. The number of nitrogens with zero attached hydrogens (tertiary/aromatic N) is 5. The van der Waals surface area contributed by atoms with Crippen molar-refractivity contribution in [1.82, 2.24) is 20.0 Å². The zero-order valence-corrected chi connectivity index (χ0v) is 17.2. The normalized spacial score (nSPS) is 11.4. The molecule has 4 rings (SSSR count). The number of hydrogen-bond donors (Lipinski definition) is 0. The topological polar surface area (TPSA) is 89.8 Å². The van der Waals surface area contributed by atoms with Crippen molar-refractivity contribution >= 4 is 0 Å². The molecule has 0 saturated heterocycles. The van der Waals surface area contributed by atoms with E-state index in [9.17, 15) is 13.2 Å². The third-order valence-corrected chi connectivity index (χ3v) is 4.75. The Morgan fingerprint density at radius 2 is 1.75 bits per heavy atom. The predicted molar refractivity (Wildman–Crippen MR) is 107 cm³/mol. The second-order valence-corrected chi connectivity index (χ2v) is 7.00. The SMILES string of the molecule is Cc1nnc(-c2ccc(Oc3c(C)nn(-c4ccc(C#N)c(C(F)(F)F)c4)c3C)cc2)o1. The first-order valence-electron chi connectivity index (χ1n) is 9.43. The zero-order valence-electron chi connectivity index (χ0n) is 17.2. The monoisotopic (exact) mass is 439 g/mol. The number of rotatable bonds is 4. The van der Waals surface area contributed by atoms with Gasteiger partial charge in [-0.15, -0.1) is 10.2 Å². The summed E-state index contributed by atoms with van der Waals surface area (Å²) in [5, 5.41) is 21.1. The molecule has 0 bridgehead atoms. The Bertz CT molecular complexity index is 1330. The number of hydrogen-bond acceptors (Lipinski definition) is 6. The van der Waals surface area contributed by atoms with Crippen molar-refractivity contribution in [2.24, 2.45) is 0 Å². The lowest BCUT2D eigenvalue weighted by molar-refractivity contribution is -0.137. The Balaban J connectivity index is 1.65. The van der Waals surface area contributed by atoms with Crippen molar-refractivity contribution < 1.29 is 22.3 Å². The van der Waals surface area contributed by atoms with Gasteiger partial charge in [-0.25, -0.2) is 4.68 Å². The van der Waals surface area contributed by atoms with Crippen molar-refractivity contribution in [1.29, 1.82) is 5.26 Å². The van der Waals surface area contributed by atoms with Crippen LogP contribution in [0.25, 0.3) is 17.1 Å². The van der Waals surface area contributed by atoms with Crippen molar-refractivity contribution in [3.63, 3.8) is 0 Å². The van der Waals surface area contributed by atoms with Gasteiger partial charge in [0.05, 0.1) is 28.6 Å². The van der Waals surface area contributed by atoms with E-state index in [0.29, 0.717) is 34.7 Å². The largest absolute Gasteiger partial charge is 0.453 e. The molecule has 0 radical (unpaired) electrons. The lowest BCUT2D eigenvalue weighted by atomic mass is 10.1. The molecule has 0 aliphatic rings. The van der Waals surface area contributed by atoms with E-state index in [1.807, 2.05) is 0 Å². The third-order valence-electron chi connectivity index (χ3n) is 4.75. The van der Waals surface area contributed by atoms with Crippen LogP contribution < -0.4 is 4.74 Å². The number of aromatic nitrogens is 4.